The number of hydrogen-bond donors (Lipinski definition) is 2. The van der Waals surface area contributed by atoms with Gasteiger partial charge in [-0.25, -0.2) is 15.0 Å². The highest BCUT2D eigenvalue weighted by Crippen LogP contribution is 2.33. The third kappa shape index (κ3) is 4.35. The molecule has 0 bridgehead atoms. The number of amides is 2. The monoisotopic (exact) mass is 467 g/mol. The molecule has 176 valence electrons. The molecule has 4 heterocycles. The number of nitrogens with two attached hydrogens (primary N) is 1. The van der Waals surface area contributed by atoms with Crippen LogP contribution in [0.25, 0.3) is 16.9 Å². The van der Waals surface area contributed by atoms with Crippen LogP contribution in [0.5, 0.6) is 0 Å². The fourth-order valence-corrected chi connectivity index (χ4v) is 4.50. The van der Waals surface area contributed by atoms with Crippen LogP contribution in [0.2, 0.25) is 0 Å². The molecule has 5 rings (SSSR count). The van der Waals surface area contributed by atoms with E-state index in [1.165, 1.54) is 6.08 Å². The first-order valence-corrected chi connectivity index (χ1v) is 11.4. The van der Waals surface area contributed by atoms with Crippen molar-refractivity contribution in [2.45, 2.75) is 18.8 Å². The molecule has 4 aromatic rings. The molecule has 9 nitrogen and oxygen atoms in total. The zero-order valence-corrected chi connectivity index (χ0v) is 19.1. The number of piperidine rings is 1. The second kappa shape index (κ2) is 9.38. The van der Waals surface area contributed by atoms with Gasteiger partial charge in [-0.15, -0.1) is 0 Å². The first-order chi connectivity index (χ1) is 17.0. The van der Waals surface area contributed by atoms with Crippen molar-refractivity contribution in [3.8, 4) is 11.4 Å². The zero-order chi connectivity index (χ0) is 24.4. The van der Waals surface area contributed by atoms with Crippen LogP contribution < -0.4 is 11.1 Å². The summed E-state index contributed by atoms with van der Waals surface area (Å²) in [6.07, 6.45) is 6.45. The molecule has 3 aromatic heterocycles. The first kappa shape index (κ1) is 22.3. The summed E-state index contributed by atoms with van der Waals surface area (Å²) in [5.74, 6) is 1.20. The predicted molar refractivity (Wildman–Crippen MR) is 134 cm³/mol. The molecule has 1 aliphatic rings. The third-order valence-electron chi connectivity index (χ3n) is 6.22. The molecule has 0 spiro atoms. The number of aromatic nitrogens is 4. The Bertz CT molecular complexity index is 1400. The van der Waals surface area contributed by atoms with Crippen LogP contribution in [0.1, 0.15) is 34.8 Å². The summed E-state index contributed by atoms with van der Waals surface area (Å²) in [7, 11) is 0. The van der Waals surface area contributed by atoms with E-state index in [0.717, 1.165) is 29.6 Å². The highest BCUT2D eigenvalue weighted by Gasteiger charge is 2.28. The fraction of sp³-hybridized carbons (Fsp3) is 0.192. The Morgan fingerprint density at radius 1 is 1.09 bits per heavy atom. The zero-order valence-electron chi connectivity index (χ0n) is 19.1. The van der Waals surface area contributed by atoms with Gasteiger partial charge in [0.25, 0.3) is 5.91 Å². The molecule has 1 aliphatic heterocycles. The summed E-state index contributed by atoms with van der Waals surface area (Å²) in [6.45, 7) is 4.90. The number of rotatable bonds is 5. The van der Waals surface area contributed by atoms with Crippen LogP contribution >= 0.6 is 0 Å². The number of nitrogens with zero attached hydrogens (tertiary/aromatic N) is 5. The van der Waals surface area contributed by atoms with Gasteiger partial charge in [0.05, 0.1) is 11.2 Å². The molecule has 0 saturated carbocycles. The molecule has 1 atom stereocenters. The summed E-state index contributed by atoms with van der Waals surface area (Å²) in [4.78, 5) is 40.0. The quantitative estimate of drug-likeness (QED) is 0.434. The Hall–Kier alpha value is -4.53. The number of nitrogens with one attached hydrogen (secondary N) is 1. The molecule has 1 fully saturated rings. The van der Waals surface area contributed by atoms with Gasteiger partial charge in [-0.3, -0.25) is 14.0 Å². The van der Waals surface area contributed by atoms with Crippen LogP contribution in [0.15, 0.2) is 73.6 Å². The number of pyridine rings is 1. The van der Waals surface area contributed by atoms with Gasteiger partial charge in [0.2, 0.25) is 11.9 Å². The minimum Gasteiger partial charge on any atom is -0.369 e. The van der Waals surface area contributed by atoms with Gasteiger partial charge in [-0.2, -0.15) is 0 Å². The minimum absolute atomic E-state index is 0.0702. The van der Waals surface area contributed by atoms with E-state index < -0.39 is 0 Å². The summed E-state index contributed by atoms with van der Waals surface area (Å²) in [5, 5.41) is 2.78. The summed E-state index contributed by atoms with van der Waals surface area (Å²) in [6, 6.07) is 14.4. The largest absolute Gasteiger partial charge is 0.369 e. The third-order valence-corrected chi connectivity index (χ3v) is 6.22. The Morgan fingerprint density at radius 3 is 2.66 bits per heavy atom. The maximum absolute atomic E-state index is 12.6. The van der Waals surface area contributed by atoms with E-state index in [1.807, 2.05) is 33.6 Å². The molecule has 1 saturated heterocycles. The molecular formula is C26H25N7O2. The Balaban J connectivity index is 1.47. The highest BCUT2D eigenvalue weighted by molar-refractivity contribution is 6.04. The maximum Gasteiger partial charge on any atom is 0.256 e. The molecule has 0 unspecified atom stereocenters. The number of benzene rings is 1. The van der Waals surface area contributed by atoms with Gasteiger partial charge in [-0.1, -0.05) is 24.8 Å². The predicted octanol–water partition coefficient (Wildman–Crippen LogP) is 3.52. The molecule has 9 heteroatoms. The normalized spacial score (nSPS) is 15.7. The first-order valence-electron chi connectivity index (χ1n) is 11.4. The topological polar surface area (TPSA) is 119 Å². The number of hydrogen-bond acceptors (Lipinski definition) is 6. The van der Waals surface area contributed by atoms with Crippen LogP contribution in [-0.2, 0) is 4.79 Å². The van der Waals surface area contributed by atoms with Crippen molar-refractivity contribution >= 4 is 29.1 Å². The molecule has 1 aromatic carbocycles. The Morgan fingerprint density at radius 2 is 1.91 bits per heavy atom. The van der Waals surface area contributed by atoms with Gasteiger partial charge in [0.15, 0.2) is 0 Å². The fourth-order valence-electron chi connectivity index (χ4n) is 4.50. The molecule has 35 heavy (non-hydrogen) atoms. The number of imidazole rings is 1. The highest BCUT2D eigenvalue weighted by atomic mass is 16.2. The Kier molecular flexibility index (Phi) is 5.97. The summed E-state index contributed by atoms with van der Waals surface area (Å²) < 4.78 is 1.83. The number of anilines is 2. The van der Waals surface area contributed by atoms with Crippen LogP contribution in [-0.4, -0.2) is 49.2 Å². The lowest BCUT2D eigenvalue weighted by atomic mass is 9.94. The lowest BCUT2D eigenvalue weighted by Gasteiger charge is -2.31. The molecule has 0 radical (unpaired) electrons. The van der Waals surface area contributed by atoms with Crippen molar-refractivity contribution < 1.29 is 9.59 Å². The van der Waals surface area contributed by atoms with Gasteiger partial charge >= 0.3 is 0 Å². The summed E-state index contributed by atoms with van der Waals surface area (Å²) >= 11 is 0. The summed E-state index contributed by atoms with van der Waals surface area (Å²) in [5.41, 5.74) is 9.31. The maximum atomic E-state index is 12.6. The average molecular weight is 468 g/mol. The standard InChI is InChI=1S/C26H25N7O2/c1-2-22(34)32-15-5-6-19(16-32)23-20-12-14-29-26(27)33(20)24(31-23)17-8-10-18(11-9-17)25(35)30-21-7-3-4-13-28-21/h2-4,7-14,19H,1,5-6,15-16H2,(H2,27,29)(H,28,30,35)/t19-/m0/s1. The van der Waals surface area contributed by atoms with Gasteiger partial charge in [0, 0.05) is 42.5 Å². The number of likely N-dealkylation sites (tertiary alicyclic amines) is 1. The number of fused-ring (bicyclic) bond motifs is 1. The molecule has 0 aliphatic carbocycles. The van der Waals surface area contributed by atoms with Crippen molar-refractivity contribution in [1.82, 2.24) is 24.3 Å². The van der Waals surface area contributed by atoms with Crippen molar-refractivity contribution in [3.63, 3.8) is 0 Å². The second-order valence-electron chi connectivity index (χ2n) is 8.42. The van der Waals surface area contributed by atoms with Crippen molar-refractivity contribution in [1.29, 1.82) is 0 Å². The van der Waals surface area contributed by atoms with Crippen LogP contribution in [0.4, 0.5) is 11.8 Å². The van der Waals surface area contributed by atoms with Gasteiger partial charge in [0.1, 0.15) is 11.6 Å². The smallest absolute Gasteiger partial charge is 0.256 e. The molecule has 2 amide bonds. The average Bonchev–Trinajstić information content (AvgIpc) is 3.30. The molecule has 3 N–H and O–H groups in total. The number of carbonyl (C=O) groups excluding carboxylic acids is 2. The van der Waals surface area contributed by atoms with E-state index in [2.05, 4.69) is 21.9 Å². The van der Waals surface area contributed by atoms with Gasteiger partial charge < -0.3 is 16.0 Å². The number of carbonyl (C=O) groups is 2. The molecular weight excluding hydrogens is 442 g/mol. The number of nitrogen functional groups attached to an aromatic ring is 1. The van der Waals surface area contributed by atoms with E-state index in [4.69, 9.17) is 10.7 Å². The lowest BCUT2D eigenvalue weighted by molar-refractivity contribution is -0.127. The van der Waals surface area contributed by atoms with E-state index in [9.17, 15) is 9.59 Å². The SMILES string of the molecule is C=CC(=O)N1CCC[C@H](c2nc(-c3ccc(C(=O)Nc4ccccn4)cc3)n3c(N)nccc23)C1. The second-order valence-corrected chi connectivity index (χ2v) is 8.42. The van der Waals surface area contributed by atoms with E-state index >= 15 is 0 Å². The van der Waals surface area contributed by atoms with Crippen molar-refractivity contribution in [2.75, 3.05) is 24.1 Å². The van der Waals surface area contributed by atoms with Gasteiger partial charge in [-0.05, 0) is 49.2 Å². The van der Waals surface area contributed by atoms with E-state index in [-0.39, 0.29) is 17.7 Å². The van der Waals surface area contributed by atoms with Crippen LogP contribution in [0, 0.1) is 0 Å². The van der Waals surface area contributed by atoms with Crippen molar-refractivity contribution in [3.05, 3.63) is 84.8 Å². The van der Waals surface area contributed by atoms with E-state index in [0.29, 0.717) is 36.2 Å². The Labute approximate surface area is 202 Å². The van der Waals surface area contributed by atoms with E-state index in [1.54, 1.807) is 36.7 Å². The van der Waals surface area contributed by atoms with Crippen LogP contribution in [0.3, 0.4) is 0 Å². The lowest BCUT2D eigenvalue weighted by Crippen LogP contribution is -2.38. The van der Waals surface area contributed by atoms with Crippen molar-refractivity contribution in [2.24, 2.45) is 0 Å². The minimum atomic E-state index is -0.251.